The fourth-order valence-corrected chi connectivity index (χ4v) is 2.20. The number of halogens is 2. The molecule has 0 radical (unpaired) electrons. The Labute approximate surface area is 147 Å². The van der Waals surface area contributed by atoms with Gasteiger partial charge in [0.1, 0.15) is 12.2 Å². The molecule has 0 saturated heterocycles. The summed E-state index contributed by atoms with van der Waals surface area (Å²) < 4.78 is 23.5. The summed E-state index contributed by atoms with van der Waals surface area (Å²) in [5.74, 6) is -2.36. The zero-order chi connectivity index (χ0) is 18.1. The quantitative estimate of drug-likeness (QED) is 0.532. The second-order valence-electron chi connectivity index (χ2n) is 4.78. The molecule has 0 heterocycles. The maximum atomic E-state index is 13.7. The minimum absolute atomic E-state index is 0.163. The summed E-state index contributed by atoms with van der Waals surface area (Å²) in [4.78, 5) is 35.0. The van der Waals surface area contributed by atoms with Gasteiger partial charge in [-0.1, -0.05) is 6.07 Å². The zero-order valence-electron chi connectivity index (χ0n) is 13.4. The molecular weight excluding hydrogens is 385 g/mol. The maximum absolute atomic E-state index is 13.7. The van der Waals surface area contributed by atoms with Crippen LogP contribution in [0, 0.1) is 5.82 Å². The van der Waals surface area contributed by atoms with Crippen LogP contribution < -0.4 is 5.32 Å². The van der Waals surface area contributed by atoms with Crippen molar-refractivity contribution in [3.63, 3.8) is 0 Å². The number of esters is 2. The molecule has 1 N–H and O–H groups in total. The highest BCUT2D eigenvalue weighted by Crippen LogP contribution is 2.23. The van der Waals surface area contributed by atoms with Gasteiger partial charge in [0.2, 0.25) is 5.91 Å². The average Bonchev–Trinajstić information content (AvgIpc) is 2.49. The second-order valence-corrected chi connectivity index (χ2v) is 5.64. The lowest BCUT2D eigenvalue weighted by atomic mass is 10.0. The molecule has 0 bridgehead atoms. The van der Waals surface area contributed by atoms with Gasteiger partial charge in [0.25, 0.3) is 0 Å². The van der Waals surface area contributed by atoms with Crippen molar-refractivity contribution in [1.82, 2.24) is 5.32 Å². The van der Waals surface area contributed by atoms with E-state index in [1.165, 1.54) is 12.1 Å². The average molecular weight is 404 g/mol. The van der Waals surface area contributed by atoms with Gasteiger partial charge in [0, 0.05) is 0 Å². The van der Waals surface area contributed by atoms with Crippen molar-refractivity contribution in [2.75, 3.05) is 13.2 Å². The van der Waals surface area contributed by atoms with Gasteiger partial charge in [-0.2, -0.15) is 0 Å². The Balaban J connectivity index is 2.88. The first kappa shape index (κ1) is 20.1. The number of nitrogens with one attached hydrogen (secondary N) is 1. The van der Waals surface area contributed by atoms with E-state index in [2.05, 4.69) is 21.2 Å². The predicted molar refractivity (Wildman–Crippen MR) is 87.5 cm³/mol. The molecule has 1 aromatic carbocycles. The Kier molecular flexibility index (Phi) is 8.39. The SMILES string of the molecule is CCOC(=O)CC(=O)N[C@H](CC(=O)OCC)c1ccc(Br)c(F)c1. The van der Waals surface area contributed by atoms with Crippen molar-refractivity contribution < 1.29 is 28.2 Å². The van der Waals surface area contributed by atoms with Gasteiger partial charge >= 0.3 is 11.9 Å². The summed E-state index contributed by atoms with van der Waals surface area (Å²) in [6, 6.07) is 3.44. The van der Waals surface area contributed by atoms with E-state index in [0.29, 0.717) is 5.56 Å². The molecule has 1 aromatic rings. The zero-order valence-corrected chi connectivity index (χ0v) is 15.0. The Bertz CT molecular complexity index is 608. The third kappa shape index (κ3) is 6.66. The highest BCUT2D eigenvalue weighted by Gasteiger charge is 2.21. The highest BCUT2D eigenvalue weighted by atomic mass is 79.9. The molecule has 6 nitrogen and oxygen atoms in total. The molecule has 0 aromatic heterocycles. The van der Waals surface area contributed by atoms with E-state index in [0.717, 1.165) is 0 Å². The van der Waals surface area contributed by atoms with E-state index in [9.17, 15) is 18.8 Å². The molecule has 0 fully saturated rings. The van der Waals surface area contributed by atoms with E-state index < -0.39 is 36.1 Å². The predicted octanol–water partition coefficient (Wildman–Crippen LogP) is 2.65. The minimum atomic E-state index is -0.812. The molecule has 24 heavy (non-hydrogen) atoms. The van der Waals surface area contributed by atoms with Crippen LogP contribution in [0.3, 0.4) is 0 Å². The molecule has 0 aliphatic heterocycles. The van der Waals surface area contributed by atoms with Gasteiger partial charge in [-0.3, -0.25) is 14.4 Å². The van der Waals surface area contributed by atoms with E-state index in [4.69, 9.17) is 9.47 Å². The molecule has 0 aliphatic rings. The fraction of sp³-hybridized carbons (Fsp3) is 0.438. The van der Waals surface area contributed by atoms with Crippen molar-refractivity contribution in [3.8, 4) is 0 Å². The minimum Gasteiger partial charge on any atom is -0.466 e. The number of benzene rings is 1. The molecule has 0 unspecified atom stereocenters. The van der Waals surface area contributed by atoms with Crippen molar-refractivity contribution in [2.45, 2.75) is 32.7 Å². The van der Waals surface area contributed by atoms with E-state index >= 15 is 0 Å². The summed E-state index contributed by atoms with van der Waals surface area (Å²) >= 11 is 3.04. The maximum Gasteiger partial charge on any atom is 0.315 e. The number of amides is 1. The molecule has 0 saturated carbocycles. The third-order valence-corrected chi connectivity index (χ3v) is 3.61. The van der Waals surface area contributed by atoms with Crippen LogP contribution in [0.4, 0.5) is 4.39 Å². The number of carbonyl (C=O) groups excluding carboxylic acids is 3. The molecular formula is C16H19BrFNO5. The number of rotatable bonds is 8. The monoisotopic (exact) mass is 403 g/mol. The van der Waals surface area contributed by atoms with Crippen LogP contribution >= 0.6 is 15.9 Å². The standard InChI is InChI=1S/C16H19BrFNO5/c1-3-23-15(21)8-13(10-5-6-11(17)12(18)7-10)19-14(20)9-16(22)24-4-2/h5-7,13H,3-4,8-9H2,1-2H3,(H,19,20)/t13-/m1/s1. The first-order valence-electron chi connectivity index (χ1n) is 7.42. The topological polar surface area (TPSA) is 81.7 Å². The summed E-state index contributed by atoms with van der Waals surface area (Å²) in [6.45, 7) is 3.64. The number of carbonyl (C=O) groups is 3. The van der Waals surface area contributed by atoms with Gasteiger partial charge < -0.3 is 14.8 Å². The van der Waals surface area contributed by atoms with Crippen LogP contribution in [0.1, 0.15) is 38.3 Å². The van der Waals surface area contributed by atoms with E-state index in [1.807, 2.05) is 0 Å². The molecule has 1 atom stereocenters. The highest BCUT2D eigenvalue weighted by molar-refractivity contribution is 9.10. The lowest BCUT2D eigenvalue weighted by molar-refractivity contribution is -0.146. The number of ether oxygens (including phenoxy) is 2. The van der Waals surface area contributed by atoms with Gasteiger partial charge in [-0.15, -0.1) is 0 Å². The van der Waals surface area contributed by atoms with Crippen LogP contribution in [0.2, 0.25) is 0 Å². The Morgan fingerprint density at radius 1 is 1.17 bits per heavy atom. The van der Waals surface area contributed by atoms with Crippen LogP contribution in [-0.4, -0.2) is 31.1 Å². The lowest BCUT2D eigenvalue weighted by Crippen LogP contribution is -2.32. The Morgan fingerprint density at radius 2 is 1.79 bits per heavy atom. The van der Waals surface area contributed by atoms with Crippen LogP contribution in [-0.2, 0) is 23.9 Å². The van der Waals surface area contributed by atoms with Gasteiger partial charge in [0.05, 0.1) is 30.1 Å². The van der Waals surface area contributed by atoms with Gasteiger partial charge in [0.15, 0.2) is 0 Å². The third-order valence-electron chi connectivity index (χ3n) is 2.97. The smallest absolute Gasteiger partial charge is 0.315 e. The van der Waals surface area contributed by atoms with Crippen molar-refractivity contribution >= 4 is 33.8 Å². The second kappa shape index (κ2) is 10.0. The molecule has 0 aliphatic carbocycles. The molecule has 1 rings (SSSR count). The lowest BCUT2D eigenvalue weighted by Gasteiger charge is -2.18. The molecule has 0 spiro atoms. The summed E-state index contributed by atoms with van der Waals surface area (Å²) in [7, 11) is 0. The molecule has 1 amide bonds. The first-order valence-corrected chi connectivity index (χ1v) is 8.22. The van der Waals surface area contributed by atoms with Crippen LogP contribution in [0.25, 0.3) is 0 Å². The number of hydrogen-bond donors (Lipinski definition) is 1. The fourth-order valence-electron chi connectivity index (χ4n) is 1.96. The Hall–Kier alpha value is -1.96. The van der Waals surface area contributed by atoms with Gasteiger partial charge in [-0.05, 0) is 47.5 Å². The normalized spacial score (nSPS) is 11.5. The molecule has 8 heteroatoms. The van der Waals surface area contributed by atoms with Crippen molar-refractivity contribution in [2.24, 2.45) is 0 Å². The van der Waals surface area contributed by atoms with E-state index in [-0.39, 0.29) is 24.1 Å². The largest absolute Gasteiger partial charge is 0.466 e. The van der Waals surface area contributed by atoms with Crippen molar-refractivity contribution in [1.29, 1.82) is 0 Å². The number of hydrogen-bond acceptors (Lipinski definition) is 5. The summed E-state index contributed by atoms with van der Waals surface area (Å²) in [5.41, 5.74) is 0.390. The van der Waals surface area contributed by atoms with Crippen LogP contribution in [0.15, 0.2) is 22.7 Å². The van der Waals surface area contributed by atoms with Gasteiger partial charge in [-0.25, -0.2) is 4.39 Å². The first-order chi connectivity index (χ1) is 11.4. The van der Waals surface area contributed by atoms with Crippen LogP contribution in [0.5, 0.6) is 0 Å². The van der Waals surface area contributed by atoms with Crippen molar-refractivity contribution in [3.05, 3.63) is 34.1 Å². The summed E-state index contributed by atoms with van der Waals surface area (Å²) in [5, 5.41) is 2.54. The van der Waals surface area contributed by atoms with E-state index in [1.54, 1.807) is 19.9 Å². The Morgan fingerprint density at radius 3 is 2.38 bits per heavy atom. The summed E-state index contributed by atoms with van der Waals surface area (Å²) in [6.07, 6.45) is -0.657. The molecule has 132 valence electrons.